The molecule has 1 rings (SSSR count). The third-order valence-corrected chi connectivity index (χ3v) is 3.84. The molecule has 1 saturated carbocycles. The molecule has 0 amide bonds. The molecule has 1 atom stereocenters. The van der Waals surface area contributed by atoms with Gasteiger partial charge in [-0.15, -0.1) is 0 Å². The molecule has 0 saturated heterocycles. The summed E-state index contributed by atoms with van der Waals surface area (Å²) in [5.74, 6) is -0.135. The molecule has 0 aromatic rings. The number of Topliss-reactive ketones (excluding diaryl/α,β-unsaturated/α-hetero) is 1. The highest BCUT2D eigenvalue weighted by Crippen LogP contribution is 2.51. The molecular formula is C13H20N2O. The number of carbonyl (C=O) groups is 1. The van der Waals surface area contributed by atoms with Crippen LogP contribution in [0.4, 0.5) is 0 Å². The highest BCUT2D eigenvalue weighted by Gasteiger charge is 2.41. The van der Waals surface area contributed by atoms with Crippen molar-refractivity contribution in [3.8, 4) is 0 Å². The fraction of sp³-hybridized carbons (Fsp3) is 0.692. The number of allylic oxidation sites excluding steroid dienone is 1. The first-order chi connectivity index (χ1) is 7.32. The van der Waals surface area contributed by atoms with E-state index in [1.807, 2.05) is 0 Å². The lowest BCUT2D eigenvalue weighted by molar-refractivity contribution is -0.118. The molecule has 0 spiro atoms. The van der Waals surface area contributed by atoms with Crippen molar-refractivity contribution in [1.29, 1.82) is 0 Å². The first kappa shape index (κ1) is 12.9. The number of carbonyl (C=O) groups excluding carboxylic acids is 1. The van der Waals surface area contributed by atoms with Crippen molar-refractivity contribution in [2.75, 3.05) is 0 Å². The van der Waals surface area contributed by atoms with Crippen molar-refractivity contribution in [2.24, 2.45) is 10.8 Å². The summed E-state index contributed by atoms with van der Waals surface area (Å²) in [4.78, 5) is 14.3. The Morgan fingerprint density at radius 3 is 2.69 bits per heavy atom. The molecule has 0 aliphatic heterocycles. The molecule has 1 aliphatic rings. The largest absolute Gasteiger partial charge is 0.361 e. The minimum atomic E-state index is -0.153. The predicted molar refractivity (Wildman–Crippen MR) is 64.2 cm³/mol. The second-order valence-electron chi connectivity index (χ2n) is 5.66. The number of nitrogens with zero attached hydrogens (tertiary/aromatic N) is 2. The summed E-state index contributed by atoms with van der Waals surface area (Å²) in [6, 6.07) is 0. The maximum atomic E-state index is 11.5. The fourth-order valence-electron chi connectivity index (χ4n) is 2.73. The Kier molecular flexibility index (Phi) is 3.49. The average molecular weight is 220 g/mol. The summed E-state index contributed by atoms with van der Waals surface area (Å²) < 4.78 is 0. The second kappa shape index (κ2) is 4.34. The molecule has 3 heteroatoms. The van der Waals surface area contributed by atoms with Crippen LogP contribution in [-0.4, -0.2) is 16.8 Å². The molecule has 0 radical (unpaired) electrons. The van der Waals surface area contributed by atoms with Gasteiger partial charge in [0, 0.05) is 6.42 Å². The Morgan fingerprint density at radius 2 is 2.12 bits per heavy atom. The Morgan fingerprint density at radius 1 is 1.50 bits per heavy atom. The van der Waals surface area contributed by atoms with Gasteiger partial charge in [-0.2, -0.15) is 4.79 Å². The van der Waals surface area contributed by atoms with Crippen molar-refractivity contribution in [3.05, 3.63) is 17.7 Å². The lowest BCUT2D eigenvalue weighted by Crippen LogP contribution is -2.35. The van der Waals surface area contributed by atoms with E-state index in [1.54, 1.807) is 0 Å². The van der Waals surface area contributed by atoms with Gasteiger partial charge in [-0.3, -0.25) is 4.79 Å². The molecule has 3 nitrogen and oxygen atoms in total. The molecule has 1 aliphatic carbocycles. The van der Waals surface area contributed by atoms with Crippen LogP contribution >= 0.6 is 0 Å². The van der Waals surface area contributed by atoms with E-state index in [9.17, 15) is 4.79 Å². The minimum Gasteiger partial charge on any atom is -0.361 e. The SMILES string of the molecule is C=C1C(C)(C)CCC[C@]1(C)CC(=O)C=[N+]=[N-]. The quantitative estimate of drug-likeness (QED) is 0.312. The van der Waals surface area contributed by atoms with Gasteiger partial charge in [-0.05, 0) is 23.7 Å². The predicted octanol–water partition coefficient (Wildman–Crippen LogP) is 3.02. The molecule has 0 aromatic carbocycles. The monoisotopic (exact) mass is 220 g/mol. The van der Waals surface area contributed by atoms with Gasteiger partial charge in [0.25, 0.3) is 0 Å². The zero-order valence-corrected chi connectivity index (χ0v) is 10.4. The van der Waals surface area contributed by atoms with Gasteiger partial charge in [-0.1, -0.05) is 39.3 Å². The average Bonchev–Trinajstić information content (AvgIpc) is 2.14. The molecular weight excluding hydrogens is 200 g/mol. The molecule has 1 fully saturated rings. The summed E-state index contributed by atoms with van der Waals surface area (Å²) in [6.45, 7) is 10.6. The van der Waals surface area contributed by atoms with Gasteiger partial charge in [-0.25, -0.2) is 0 Å². The van der Waals surface area contributed by atoms with E-state index in [0.29, 0.717) is 6.42 Å². The first-order valence-corrected chi connectivity index (χ1v) is 5.72. The molecule has 16 heavy (non-hydrogen) atoms. The normalized spacial score (nSPS) is 28.3. The standard InChI is InChI=1S/C13H20N2O/c1-10-12(2,3)6-5-7-13(10,4)8-11(16)9-15-14/h9H,1,5-8H2,2-4H3/t13-/m1/s1. The van der Waals surface area contributed by atoms with Gasteiger partial charge in [0.15, 0.2) is 0 Å². The third kappa shape index (κ3) is 2.48. The summed E-state index contributed by atoms with van der Waals surface area (Å²) in [5.41, 5.74) is 9.44. The number of hydrogen-bond acceptors (Lipinski definition) is 1. The highest BCUT2D eigenvalue weighted by atomic mass is 16.1. The Balaban J connectivity index is 2.87. The minimum absolute atomic E-state index is 0.101. The molecule has 0 bridgehead atoms. The number of rotatable bonds is 3. The number of ketones is 1. The summed E-state index contributed by atoms with van der Waals surface area (Å²) >= 11 is 0. The summed E-state index contributed by atoms with van der Waals surface area (Å²) in [6.07, 6.45) is 4.61. The van der Waals surface area contributed by atoms with E-state index < -0.39 is 0 Å². The summed E-state index contributed by atoms with van der Waals surface area (Å²) in [5, 5.41) is 0. The molecule has 88 valence electrons. The van der Waals surface area contributed by atoms with Gasteiger partial charge >= 0.3 is 6.21 Å². The van der Waals surface area contributed by atoms with Crippen LogP contribution < -0.4 is 0 Å². The van der Waals surface area contributed by atoms with Gasteiger partial charge in [0.2, 0.25) is 5.78 Å². The van der Waals surface area contributed by atoms with Crippen LogP contribution in [0.2, 0.25) is 0 Å². The topological polar surface area (TPSA) is 53.5 Å². The first-order valence-electron chi connectivity index (χ1n) is 5.72. The maximum absolute atomic E-state index is 11.5. The summed E-state index contributed by atoms with van der Waals surface area (Å²) in [7, 11) is 0. The van der Waals surface area contributed by atoms with E-state index in [4.69, 9.17) is 5.53 Å². The zero-order valence-electron chi connectivity index (χ0n) is 10.4. The van der Waals surface area contributed by atoms with Crippen LogP contribution in [0.25, 0.3) is 5.53 Å². The van der Waals surface area contributed by atoms with Gasteiger partial charge in [0.05, 0.1) is 0 Å². The van der Waals surface area contributed by atoms with E-state index >= 15 is 0 Å². The van der Waals surface area contributed by atoms with Crippen molar-refractivity contribution < 1.29 is 9.58 Å². The van der Waals surface area contributed by atoms with Crippen molar-refractivity contribution in [1.82, 2.24) is 0 Å². The molecule has 0 N–H and O–H groups in total. The smallest absolute Gasteiger partial charge is 0.323 e. The van der Waals surface area contributed by atoms with Crippen molar-refractivity contribution in [2.45, 2.75) is 46.5 Å². The van der Waals surface area contributed by atoms with Crippen LogP contribution in [0.5, 0.6) is 0 Å². The van der Waals surface area contributed by atoms with Gasteiger partial charge < -0.3 is 5.53 Å². The van der Waals surface area contributed by atoms with Crippen LogP contribution in [-0.2, 0) is 4.79 Å². The van der Waals surface area contributed by atoms with Crippen molar-refractivity contribution in [3.63, 3.8) is 0 Å². The van der Waals surface area contributed by atoms with Crippen LogP contribution in [0.1, 0.15) is 46.5 Å². The van der Waals surface area contributed by atoms with Crippen molar-refractivity contribution >= 4 is 12.0 Å². The number of hydrogen-bond donors (Lipinski definition) is 0. The van der Waals surface area contributed by atoms with E-state index in [1.165, 1.54) is 0 Å². The van der Waals surface area contributed by atoms with E-state index in [-0.39, 0.29) is 16.6 Å². The van der Waals surface area contributed by atoms with Crippen LogP contribution in [0, 0.1) is 10.8 Å². The lowest BCUT2D eigenvalue weighted by atomic mass is 9.59. The lowest BCUT2D eigenvalue weighted by Gasteiger charge is -2.45. The Labute approximate surface area is 97.2 Å². The highest BCUT2D eigenvalue weighted by molar-refractivity contribution is 6.25. The third-order valence-electron chi connectivity index (χ3n) is 3.84. The molecule has 0 unspecified atom stereocenters. The van der Waals surface area contributed by atoms with Crippen LogP contribution in [0.15, 0.2) is 12.2 Å². The van der Waals surface area contributed by atoms with E-state index in [0.717, 1.165) is 31.1 Å². The molecule has 0 heterocycles. The van der Waals surface area contributed by atoms with Crippen LogP contribution in [0.3, 0.4) is 0 Å². The van der Waals surface area contributed by atoms with E-state index in [2.05, 4.69) is 32.1 Å². The second-order valence-corrected chi connectivity index (χ2v) is 5.66. The molecule has 0 aromatic heterocycles. The van der Waals surface area contributed by atoms with Gasteiger partial charge in [0.1, 0.15) is 0 Å². The maximum Gasteiger partial charge on any atom is 0.323 e. The Bertz CT molecular complexity index is 364. The zero-order chi connectivity index (χ0) is 12.4. The Hall–Kier alpha value is -1.21. The fourth-order valence-corrected chi connectivity index (χ4v) is 2.73.